The summed E-state index contributed by atoms with van der Waals surface area (Å²) < 4.78 is 0. The number of H-pyrrole nitrogens is 1. The number of hydrogen-bond acceptors (Lipinski definition) is 3. The van der Waals surface area contributed by atoms with Crippen LogP contribution in [0, 0.1) is 0 Å². The van der Waals surface area contributed by atoms with Crippen molar-refractivity contribution in [1.29, 1.82) is 0 Å². The summed E-state index contributed by atoms with van der Waals surface area (Å²) in [6.07, 6.45) is 2.22. The molecule has 0 saturated carbocycles. The molecule has 0 fully saturated rings. The fraction of sp³-hybridized carbons (Fsp3) is 0.320. The molecule has 0 radical (unpaired) electrons. The summed E-state index contributed by atoms with van der Waals surface area (Å²) in [5, 5.41) is 3.29. The molecule has 0 spiro atoms. The molecule has 0 atom stereocenters. The number of amides is 1. The van der Waals surface area contributed by atoms with Gasteiger partial charge in [0, 0.05) is 33.6 Å². The first kappa shape index (κ1) is 23.1. The summed E-state index contributed by atoms with van der Waals surface area (Å²) in [6, 6.07) is 20.1. The fourth-order valence-corrected chi connectivity index (χ4v) is 3.37. The predicted octanol–water partition coefficient (Wildman–Crippen LogP) is 3.52. The van der Waals surface area contributed by atoms with Crippen LogP contribution in [0.4, 0.5) is 0 Å². The first-order valence-electron chi connectivity index (χ1n) is 10.9. The van der Waals surface area contributed by atoms with Gasteiger partial charge in [-0.15, -0.1) is 0 Å². The number of imidazole rings is 1. The van der Waals surface area contributed by atoms with Gasteiger partial charge in [0.2, 0.25) is 5.91 Å². The maximum Gasteiger partial charge on any atom is 0.224 e. The van der Waals surface area contributed by atoms with Gasteiger partial charge in [0.15, 0.2) is 5.96 Å². The molecule has 2 N–H and O–H groups in total. The van der Waals surface area contributed by atoms with E-state index in [0.717, 1.165) is 35.1 Å². The van der Waals surface area contributed by atoms with Gasteiger partial charge in [0.25, 0.3) is 0 Å². The van der Waals surface area contributed by atoms with Crippen molar-refractivity contribution in [2.45, 2.75) is 26.4 Å². The molecule has 1 amide bonds. The van der Waals surface area contributed by atoms with E-state index >= 15 is 0 Å². The Bertz CT molecular complexity index is 1000. The second-order valence-corrected chi connectivity index (χ2v) is 7.69. The number of guanidine groups is 1. The summed E-state index contributed by atoms with van der Waals surface area (Å²) in [4.78, 5) is 28.8. The first-order valence-corrected chi connectivity index (χ1v) is 10.9. The molecule has 168 valence electrons. The summed E-state index contributed by atoms with van der Waals surface area (Å²) in [6.45, 7) is 4.39. The van der Waals surface area contributed by atoms with Crippen LogP contribution in [0.25, 0.3) is 11.3 Å². The molecule has 1 heterocycles. The lowest BCUT2D eigenvalue weighted by molar-refractivity contribution is -0.130. The fourth-order valence-electron chi connectivity index (χ4n) is 3.37. The molecule has 2 aromatic carbocycles. The minimum atomic E-state index is 0.0784. The number of aromatic amines is 1. The van der Waals surface area contributed by atoms with Crippen LogP contribution >= 0.6 is 0 Å². The van der Waals surface area contributed by atoms with Crippen LogP contribution in [0.5, 0.6) is 0 Å². The molecule has 0 unspecified atom stereocenters. The standard InChI is InChI=1S/C25H32N6O/c1-4-26-25(27-16-15-24(32)30(2)18-20-11-7-5-8-12-20)31(3)19-23-28-17-22(29-23)21-13-9-6-10-14-21/h5-14,17H,4,15-16,18-19H2,1-3H3,(H,26,27)(H,28,29). The summed E-state index contributed by atoms with van der Waals surface area (Å²) >= 11 is 0. The summed E-state index contributed by atoms with van der Waals surface area (Å²) in [5.41, 5.74) is 3.21. The molecule has 0 aliphatic rings. The number of carbonyl (C=O) groups is 1. The highest BCUT2D eigenvalue weighted by Crippen LogP contribution is 2.16. The largest absolute Gasteiger partial charge is 0.357 e. The van der Waals surface area contributed by atoms with E-state index < -0.39 is 0 Å². The smallest absolute Gasteiger partial charge is 0.224 e. The molecule has 3 rings (SSSR count). The zero-order valence-electron chi connectivity index (χ0n) is 19.1. The number of rotatable bonds is 9. The van der Waals surface area contributed by atoms with Crippen molar-refractivity contribution in [2.75, 3.05) is 27.2 Å². The van der Waals surface area contributed by atoms with E-state index in [4.69, 9.17) is 0 Å². The third-order valence-electron chi connectivity index (χ3n) is 5.07. The molecule has 0 saturated heterocycles. The molecular weight excluding hydrogens is 400 g/mol. The van der Waals surface area contributed by atoms with Crippen molar-refractivity contribution in [3.05, 3.63) is 78.2 Å². The molecular formula is C25H32N6O. The van der Waals surface area contributed by atoms with Gasteiger partial charge in [-0.2, -0.15) is 0 Å². The number of aliphatic imine (C=N–C) groups is 1. The topological polar surface area (TPSA) is 76.6 Å². The number of nitrogens with zero attached hydrogens (tertiary/aromatic N) is 4. The summed E-state index contributed by atoms with van der Waals surface area (Å²) in [5.74, 6) is 1.69. The molecule has 7 nitrogen and oxygen atoms in total. The molecule has 7 heteroatoms. The summed E-state index contributed by atoms with van der Waals surface area (Å²) in [7, 11) is 3.80. The SMILES string of the molecule is CCNC(=NCCC(=O)N(C)Cc1ccccc1)N(C)Cc1ncc(-c2ccccc2)[nH]1. The van der Waals surface area contributed by atoms with Crippen LogP contribution in [0.1, 0.15) is 24.7 Å². The van der Waals surface area contributed by atoms with E-state index in [2.05, 4.69) is 32.4 Å². The van der Waals surface area contributed by atoms with Crippen molar-refractivity contribution in [3.8, 4) is 11.3 Å². The Labute approximate surface area is 190 Å². The molecule has 32 heavy (non-hydrogen) atoms. The lowest BCUT2D eigenvalue weighted by Crippen LogP contribution is -2.39. The maximum atomic E-state index is 12.5. The van der Waals surface area contributed by atoms with Gasteiger partial charge in [-0.05, 0) is 18.1 Å². The van der Waals surface area contributed by atoms with Crippen LogP contribution in [0.2, 0.25) is 0 Å². The molecule has 3 aromatic rings. The van der Waals surface area contributed by atoms with Crippen LogP contribution in [0.3, 0.4) is 0 Å². The Hall–Kier alpha value is -3.61. The highest BCUT2D eigenvalue weighted by Gasteiger charge is 2.12. The zero-order chi connectivity index (χ0) is 22.8. The van der Waals surface area contributed by atoms with Crippen molar-refractivity contribution >= 4 is 11.9 Å². The van der Waals surface area contributed by atoms with Gasteiger partial charge >= 0.3 is 0 Å². The second-order valence-electron chi connectivity index (χ2n) is 7.69. The molecule has 1 aromatic heterocycles. The quantitative estimate of drug-likeness (QED) is 0.401. The van der Waals surface area contributed by atoms with Gasteiger partial charge in [-0.3, -0.25) is 9.79 Å². The van der Waals surface area contributed by atoms with E-state index in [1.807, 2.05) is 80.6 Å². The number of carbonyl (C=O) groups excluding carboxylic acids is 1. The Kier molecular flexibility index (Phi) is 8.43. The lowest BCUT2D eigenvalue weighted by atomic mass is 10.2. The average molecular weight is 433 g/mol. The normalized spacial score (nSPS) is 11.3. The Morgan fingerprint density at radius 3 is 2.38 bits per heavy atom. The van der Waals surface area contributed by atoms with E-state index in [0.29, 0.717) is 26.1 Å². The predicted molar refractivity (Wildman–Crippen MR) is 129 cm³/mol. The van der Waals surface area contributed by atoms with E-state index in [1.54, 1.807) is 4.90 Å². The highest BCUT2D eigenvalue weighted by atomic mass is 16.2. The average Bonchev–Trinajstić information content (AvgIpc) is 3.28. The Balaban J connectivity index is 1.54. The van der Waals surface area contributed by atoms with Crippen LogP contribution in [-0.2, 0) is 17.9 Å². The van der Waals surface area contributed by atoms with E-state index in [-0.39, 0.29) is 5.91 Å². The van der Waals surface area contributed by atoms with Crippen molar-refractivity contribution in [3.63, 3.8) is 0 Å². The third-order valence-corrected chi connectivity index (χ3v) is 5.07. The van der Waals surface area contributed by atoms with Gasteiger partial charge < -0.3 is 20.1 Å². The first-order chi connectivity index (χ1) is 15.6. The van der Waals surface area contributed by atoms with Crippen LogP contribution in [-0.4, -0.2) is 58.8 Å². The van der Waals surface area contributed by atoms with Crippen LogP contribution in [0.15, 0.2) is 71.9 Å². The Morgan fingerprint density at radius 2 is 1.69 bits per heavy atom. The van der Waals surface area contributed by atoms with E-state index in [9.17, 15) is 4.79 Å². The van der Waals surface area contributed by atoms with Crippen molar-refractivity contribution in [1.82, 2.24) is 25.1 Å². The lowest BCUT2D eigenvalue weighted by Gasteiger charge is -2.21. The minimum Gasteiger partial charge on any atom is -0.357 e. The third kappa shape index (κ3) is 6.70. The van der Waals surface area contributed by atoms with Crippen molar-refractivity contribution < 1.29 is 4.79 Å². The number of hydrogen-bond donors (Lipinski definition) is 2. The molecule has 0 bridgehead atoms. The second kappa shape index (κ2) is 11.7. The van der Waals surface area contributed by atoms with Gasteiger partial charge in [0.05, 0.1) is 25.0 Å². The molecule has 0 aliphatic carbocycles. The van der Waals surface area contributed by atoms with Gasteiger partial charge in [-0.25, -0.2) is 4.98 Å². The number of benzene rings is 2. The van der Waals surface area contributed by atoms with E-state index in [1.165, 1.54) is 0 Å². The number of nitrogens with one attached hydrogen (secondary N) is 2. The number of aromatic nitrogens is 2. The monoisotopic (exact) mass is 432 g/mol. The minimum absolute atomic E-state index is 0.0784. The Morgan fingerprint density at radius 1 is 1.00 bits per heavy atom. The van der Waals surface area contributed by atoms with Crippen molar-refractivity contribution in [2.24, 2.45) is 4.99 Å². The highest BCUT2D eigenvalue weighted by molar-refractivity contribution is 5.80. The zero-order valence-corrected chi connectivity index (χ0v) is 19.1. The van der Waals surface area contributed by atoms with Gasteiger partial charge in [0.1, 0.15) is 5.82 Å². The molecule has 0 aliphatic heterocycles. The maximum absolute atomic E-state index is 12.5. The van der Waals surface area contributed by atoms with Gasteiger partial charge in [-0.1, -0.05) is 60.7 Å². The van der Waals surface area contributed by atoms with Crippen LogP contribution < -0.4 is 5.32 Å².